The number of carbonyl (C=O) groups is 1. The first-order chi connectivity index (χ1) is 11.2. The highest BCUT2D eigenvalue weighted by Gasteiger charge is 2.29. The molecule has 4 nitrogen and oxygen atoms in total. The van der Waals surface area contributed by atoms with Crippen molar-refractivity contribution in [3.8, 4) is 5.75 Å². The first-order valence-electron chi connectivity index (χ1n) is 7.93. The van der Waals surface area contributed by atoms with Gasteiger partial charge in [-0.3, -0.25) is 4.79 Å². The summed E-state index contributed by atoms with van der Waals surface area (Å²) >= 11 is 0. The largest absolute Gasteiger partial charge is 0.508 e. The molecule has 2 atom stereocenters. The average molecular weight is 311 g/mol. The highest BCUT2D eigenvalue weighted by Crippen LogP contribution is 2.33. The second-order valence-corrected chi connectivity index (χ2v) is 5.90. The smallest absolute Gasteiger partial charge is 0.224 e. The molecule has 0 spiro atoms. The second-order valence-electron chi connectivity index (χ2n) is 5.90. The van der Waals surface area contributed by atoms with Gasteiger partial charge in [0.05, 0.1) is 12.5 Å². The maximum atomic E-state index is 12.1. The van der Waals surface area contributed by atoms with E-state index in [0.717, 1.165) is 24.2 Å². The molecule has 0 radical (unpaired) electrons. The molecule has 0 saturated carbocycles. The Morgan fingerprint density at radius 1 is 1.17 bits per heavy atom. The van der Waals surface area contributed by atoms with E-state index < -0.39 is 0 Å². The third-order valence-corrected chi connectivity index (χ3v) is 4.18. The minimum absolute atomic E-state index is 0.0330. The van der Waals surface area contributed by atoms with Crippen molar-refractivity contribution in [2.75, 3.05) is 13.2 Å². The Kier molecular flexibility index (Phi) is 4.93. The Bertz CT molecular complexity index is 657. The molecule has 120 valence electrons. The number of nitrogens with one attached hydrogen (secondary N) is 1. The van der Waals surface area contributed by atoms with E-state index in [1.807, 2.05) is 24.3 Å². The molecule has 2 aromatic rings. The molecule has 1 aliphatic heterocycles. The molecular weight excluding hydrogens is 290 g/mol. The predicted molar refractivity (Wildman–Crippen MR) is 88.1 cm³/mol. The number of carbonyl (C=O) groups excluding carboxylic acids is 1. The van der Waals surface area contributed by atoms with Gasteiger partial charge in [0.25, 0.3) is 0 Å². The van der Waals surface area contributed by atoms with Crippen LogP contribution >= 0.6 is 0 Å². The summed E-state index contributed by atoms with van der Waals surface area (Å²) < 4.78 is 5.83. The molecule has 2 aromatic carbocycles. The fourth-order valence-electron chi connectivity index (χ4n) is 3.01. The van der Waals surface area contributed by atoms with E-state index >= 15 is 0 Å². The maximum absolute atomic E-state index is 12.1. The molecule has 0 aromatic heterocycles. The summed E-state index contributed by atoms with van der Waals surface area (Å²) in [6, 6.07) is 16.9. The molecule has 3 rings (SSSR count). The lowest BCUT2D eigenvalue weighted by atomic mass is 9.95. The van der Waals surface area contributed by atoms with Crippen molar-refractivity contribution in [3.05, 3.63) is 65.7 Å². The zero-order chi connectivity index (χ0) is 16.1. The number of phenolic OH excluding ortho intramolecular Hbond substituents is 1. The number of benzene rings is 2. The zero-order valence-corrected chi connectivity index (χ0v) is 12.9. The van der Waals surface area contributed by atoms with E-state index in [0.29, 0.717) is 12.5 Å². The molecule has 2 unspecified atom stereocenters. The van der Waals surface area contributed by atoms with Gasteiger partial charge in [0.15, 0.2) is 0 Å². The first kappa shape index (κ1) is 15.6. The SMILES string of the molecule is O=C(Cc1cccc(O)c1)NCC1CCOC1c1ccccc1. The van der Waals surface area contributed by atoms with Crippen LogP contribution in [-0.2, 0) is 16.0 Å². The summed E-state index contributed by atoms with van der Waals surface area (Å²) in [6.45, 7) is 1.34. The molecule has 1 amide bonds. The third-order valence-electron chi connectivity index (χ3n) is 4.18. The Labute approximate surface area is 136 Å². The standard InChI is InChI=1S/C19H21NO3/c21-17-8-4-5-14(11-17)12-18(22)20-13-16-9-10-23-19(16)15-6-2-1-3-7-15/h1-8,11,16,19,21H,9-10,12-13H2,(H,20,22). The van der Waals surface area contributed by atoms with Crippen molar-refractivity contribution in [1.82, 2.24) is 5.32 Å². The number of hydrogen-bond donors (Lipinski definition) is 2. The van der Waals surface area contributed by atoms with Crippen molar-refractivity contribution in [2.45, 2.75) is 18.9 Å². The summed E-state index contributed by atoms with van der Waals surface area (Å²) in [5.41, 5.74) is 1.97. The van der Waals surface area contributed by atoms with Gasteiger partial charge in [0.2, 0.25) is 5.91 Å². The topological polar surface area (TPSA) is 58.6 Å². The fraction of sp³-hybridized carbons (Fsp3) is 0.316. The highest BCUT2D eigenvalue weighted by atomic mass is 16.5. The van der Waals surface area contributed by atoms with Gasteiger partial charge in [-0.25, -0.2) is 0 Å². The predicted octanol–water partition coefficient (Wildman–Crippen LogP) is 2.83. The van der Waals surface area contributed by atoms with Gasteiger partial charge in [-0.1, -0.05) is 42.5 Å². The van der Waals surface area contributed by atoms with E-state index in [4.69, 9.17) is 4.74 Å². The Hall–Kier alpha value is -2.33. The van der Waals surface area contributed by atoms with Gasteiger partial charge < -0.3 is 15.2 Å². The highest BCUT2D eigenvalue weighted by molar-refractivity contribution is 5.78. The normalized spacial score (nSPS) is 20.3. The first-order valence-corrected chi connectivity index (χ1v) is 7.93. The Morgan fingerprint density at radius 2 is 2.00 bits per heavy atom. The quantitative estimate of drug-likeness (QED) is 0.892. The van der Waals surface area contributed by atoms with E-state index in [-0.39, 0.29) is 24.2 Å². The zero-order valence-electron chi connectivity index (χ0n) is 12.9. The van der Waals surface area contributed by atoms with Crippen molar-refractivity contribution in [2.24, 2.45) is 5.92 Å². The molecule has 1 heterocycles. The minimum Gasteiger partial charge on any atom is -0.508 e. The number of phenols is 1. The van der Waals surface area contributed by atoms with E-state index in [9.17, 15) is 9.90 Å². The molecule has 1 aliphatic rings. The number of aromatic hydroxyl groups is 1. The van der Waals surface area contributed by atoms with Gasteiger partial charge in [0, 0.05) is 19.1 Å². The Balaban J connectivity index is 1.54. The van der Waals surface area contributed by atoms with E-state index in [1.54, 1.807) is 18.2 Å². The van der Waals surface area contributed by atoms with Crippen LogP contribution in [0.2, 0.25) is 0 Å². The lowest BCUT2D eigenvalue weighted by Gasteiger charge is -2.19. The van der Waals surface area contributed by atoms with Gasteiger partial charge in [-0.05, 0) is 29.7 Å². The minimum atomic E-state index is -0.0330. The van der Waals surface area contributed by atoms with Crippen LogP contribution in [0.5, 0.6) is 5.75 Å². The average Bonchev–Trinajstić information content (AvgIpc) is 3.02. The lowest BCUT2D eigenvalue weighted by Crippen LogP contribution is -2.31. The van der Waals surface area contributed by atoms with E-state index in [2.05, 4.69) is 17.4 Å². The Morgan fingerprint density at radius 3 is 2.78 bits per heavy atom. The van der Waals surface area contributed by atoms with Crippen LogP contribution in [0.3, 0.4) is 0 Å². The number of ether oxygens (including phenoxy) is 1. The molecule has 0 aliphatic carbocycles. The van der Waals surface area contributed by atoms with Gasteiger partial charge in [-0.2, -0.15) is 0 Å². The molecule has 1 saturated heterocycles. The molecule has 2 N–H and O–H groups in total. The fourth-order valence-corrected chi connectivity index (χ4v) is 3.01. The number of rotatable bonds is 5. The third kappa shape index (κ3) is 4.11. The maximum Gasteiger partial charge on any atom is 0.224 e. The second kappa shape index (κ2) is 7.29. The number of hydrogen-bond acceptors (Lipinski definition) is 3. The molecule has 1 fully saturated rings. The van der Waals surface area contributed by atoms with Gasteiger partial charge in [0.1, 0.15) is 5.75 Å². The summed E-state index contributed by atoms with van der Waals surface area (Å²) in [5, 5.41) is 12.4. The van der Waals surface area contributed by atoms with Crippen molar-refractivity contribution < 1.29 is 14.6 Å². The summed E-state index contributed by atoms with van der Waals surface area (Å²) in [6.07, 6.45) is 1.28. The van der Waals surface area contributed by atoms with Crippen LogP contribution in [0.1, 0.15) is 23.7 Å². The van der Waals surface area contributed by atoms with Crippen LogP contribution < -0.4 is 5.32 Å². The van der Waals surface area contributed by atoms with Crippen LogP contribution in [0.25, 0.3) is 0 Å². The van der Waals surface area contributed by atoms with Crippen LogP contribution in [0.4, 0.5) is 0 Å². The van der Waals surface area contributed by atoms with Crippen molar-refractivity contribution in [3.63, 3.8) is 0 Å². The van der Waals surface area contributed by atoms with Gasteiger partial charge >= 0.3 is 0 Å². The monoisotopic (exact) mass is 311 g/mol. The van der Waals surface area contributed by atoms with Crippen LogP contribution in [-0.4, -0.2) is 24.2 Å². The molecular formula is C19H21NO3. The van der Waals surface area contributed by atoms with Crippen LogP contribution in [0.15, 0.2) is 54.6 Å². The van der Waals surface area contributed by atoms with E-state index in [1.165, 1.54) is 0 Å². The van der Waals surface area contributed by atoms with Crippen LogP contribution in [0, 0.1) is 5.92 Å². The van der Waals surface area contributed by atoms with Crippen molar-refractivity contribution in [1.29, 1.82) is 0 Å². The summed E-state index contributed by atoms with van der Waals surface area (Å²) in [4.78, 5) is 12.1. The molecule has 4 heteroatoms. The number of amides is 1. The lowest BCUT2D eigenvalue weighted by molar-refractivity contribution is -0.120. The molecule has 0 bridgehead atoms. The molecule has 23 heavy (non-hydrogen) atoms. The summed E-state index contributed by atoms with van der Waals surface area (Å²) in [5.74, 6) is 0.448. The van der Waals surface area contributed by atoms with Gasteiger partial charge in [-0.15, -0.1) is 0 Å². The summed E-state index contributed by atoms with van der Waals surface area (Å²) in [7, 11) is 0. The van der Waals surface area contributed by atoms with Crippen molar-refractivity contribution >= 4 is 5.91 Å².